The standard InChI is InChI=1S/C19H21N5O2S.ClH/c25-18(22-11-14-13-2-1-6-21-17(13)24-23-14)15-10-12-3-9-26-19(16(12)27-15)4-7-20-8-5-19;/h1-2,6,10,20H,3-5,7-9,11H2,(H,22,25)(H,21,23,24);1H. The number of hydrogen-bond donors (Lipinski definition) is 3. The molecule has 9 heteroatoms. The molecule has 148 valence electrons. The third-order valence-corrected chi connectivity index (χ3v) is 6.80. The molecule has 1 saturated heterocycles. The number of amides is 1. The topological polar surface area (TPSA) is 91.9 Å². The first kappa shape index (κ1) is 19.3. The van der Waals surface area contributed by atoms with Gasteiger partial charge in [-0.25, -0.2) is 4.98 Å². The van der Waals surface area contributed by atoms with Crippen LogP contribution in [-0.2, 0) is 23.3 Å². The van der Waals surface area contributed by atoms with Crippen LogP contribution in [0.15, 0.2) is 24.4 Å². The number of rotatable bonds is 3. The van der Waals surface area contributed by atoms with E-state index < -0.39 is 0 Å². The first-order chi connectivity index (χ1) is 13.3. The number of fused-ring (bicyclic) bond motifs is 3. The van der Waals surface area contributed by atoms with Gasteiger partial charge < -0.3 is 15.4 Å². The van der Waals surface area contributed by atoms with Gasteiger partial charge in [-0.05, 0) is 56.1 Å². The third kappa shape index (κ3) is 3.30. The average Bonchev–Trinajstić information content (AvgIpc) is 3.32. The number of aromatic nitrogens is 3. The minimum absolute atomic E-state index is 0. The number of thiophene rings is 1. The van der Waals surface area contributed by atoms with Crippen molar-refractivity contribution in [3.8, 4) is 0 Å². The molecule has 1 amide bonds. The maximum absolute atomic E-state index is 12.8. The lowest BCUT2D eigenvalue weighted by molar-refractivity contribution is -0.0771. The van der Waals surface area contributed by atoms with Crippen LogP contribution in [0, 0.1) is 0 Å². The predicted octanol–water partition coefficient (Wildman–Crippen LogP) is 2.52. The van der Waals surface area contributed by atoms with Crippen molar-refractivity contribution in [3.05, 3.63) is 45.4 Å². The van der Waals surface area contributed by atoms with Gasteiger partial charge in [0.1, 0.15) is 5.60 Å². The number of aromatic amines is 1. The molecule has 28 heavy (non-hydrogen) atoms. The molecule has 1 spiro atoms. The Labute approximate surface area is 172 Å². The van der Waals surface area contributed by atoms with E-state index in [1.54, 1.807) is 17.5 Å². The molecule has 0 saturated carbocycles. The zero-order valence-electron chi connectivity index (χ0n) is 15.3. The van der Waals surface area contributed by atoms with E-state index in [0.717, 1.165) is 54.9 Å². The lowest BCUT2D eigenvalue weighted by atomic mass is 9.86. The van der Waals surface area contributed by atoms with Crippen LogP contribution in [0.3, 0.4) is 0 Å². The van der Waals surface area contributed by atoms with Gasteiger partial charge in [0.25, 0.3) is 5.91 Å². The average molecular weight is 420 g/mol. The molecule has 1 fully saturated rings. The molecule has 0 atom stereocenters. The number of carbonyl (C=O) groups is 1. The highest BCUT2D eigenvalue weighted by atomic mass is 35.5. The Hall–Kier alpha value is -2.00. The van der Waals surface area contributed by atoms with Crippen molar-refractivity contribution >= 4 is 40.7 Å². The molecular weight excluding hydrogens is 398 g/mol. The fourth-order valence-electron chi connectivity index (χ4n) is 4.03. The summed E-state index contributed by atoms with van der Waals surface area (Å²) >= 11 is 1.59. The Bertz CT molecular complexity index is 995. The molecular formula is C19H22ClN5O2S. The fraction of sp³-hybridized carbons (Fsp3) is 0.421. The van der Waals surface area contributed by atoms with Gasteiger partial charge in [-0.1, -0.05) is 0 Å². The van der Waals surface area contributed by atoms with E-state index in [1.807, 2.05) is 18.2 Å². The molecule has 0 aliphatic carbocycles. The van der Waals surface area contributed by atoms with Crippen molar-refractivity contribution in [1.29, 1.82) is 0 Å². The Morgan fingerprint density at radius 2 is 2.21 bits per heavy atom. The lowest BCUT2D eigenvalue weighted by Crippen LogP contribution is -2.43. The van der Waals surface area contributed by atoms with Crippen molar-refractivity contribution in [2.75, 3.05) is 19.7 Å². The summed E-state index contributed by atoms with van der Waals surface area (Å²) in [5.74, 6) is -0.0508. The number of carbonyl (C=O) groups excluding carboxylic acids is 1. The maximum Gasteiger partial charge on any atom is 0.261 e. The van der Waals surface area contributed by atoms with E-state index in [1.165, 1.54) is 10.4 Å². The van der Waals surface area contributed by atoms with Crippen LogP contribution in [-0.4, -0.2) is 40.8 Å². The van der Waals surface area contributed by atoms with Crippen LogP contribution in [0.2, 0.25) is 0 Å². The number of nitrogens with zero attached hydrogens (tertiary/aromatic N) is 2. The quantitative estimate of drug-likeness (QED) is 0.606. The number of nitrogens with one attached hydrogen (secondary N) is 3. The van der Waals surface area contributed by atoms with Crippen molar-refractivity contribution in [2.45, 2.75) is 31.4 Å². The Balaban J connectivity index is 0.00000192. The summed E-state index contributed by atoms with van der Waals surface area (Å²) in [6.45, 7) is 3.05. The number of H-pyrrole nitrogens is 1. The highest BCUT2D eigenvalue weighted by Crippen LogP contribution is 2.44. The number of halogens is 1. The van der Waals surface area contributed by atoms with E-state index in [2.05, 4.69) is 25.8 Å². The molecule has 0 unspecified atom stereocenters. The zero-order valence-corrected chi connectivity index (χ0v) is 16.9. The molecule has 0 aromatic carbocycles. The van der Waals surface area contributed by atoms with E-state index >= 15 is 0 Å². The molecule has 7 nitrogen and oxygen atoms in total. The van der Waals surface area contributed by atoms with Gasteiger partial charge in [-0.2, -0.15) is 5.10 Å². The van der Waals surface area contributed by atoms with Crippen LogP contribution in [0.5, 0.6) is 0 Å². The summed E-state index contributed by atoms with van der Waals surface area (Å²) in [5.41, 5.74) is 2.60. The Morgan fingerprint density at radius 1 is 1.36 bits per heavy atom. The summed E-state index contributed by atoms with van der Waals surface area (Å²) in [6.07, 6.45) is 4.52. The second-order valence-electron chi connectivity index (χ2n) is 7.07. The normalized spacial score (nSPS) is 17.9. The van der Waals surface area contributed by atoms with E-state index in [-0.39, 0.29) is 23.9 Å². The first-order valence-electron chi connectivity index (χ1n) is 9.29. The maximum atomic E-state index is 12.8. The van der Waals surface area contributed by atoms with Gasteiger partial charge in [0.05, 0.1) is 23.7 Å². The van der Waals surface area contributed by atoms with Crippen LogP contribution in [0.25, 0.3) is 11.0 Å². The molecule has 0 bridgehead atoms. The van der Waals surface area contributed by atoms with Crippen LogP contribution < -0.4 is 10.6 Å². The Kier molecular flexibility index (Phi) is 5.37. The van der Waals surface area contributed by atoms with Crippen molar-refractivity contribution < 1.29 is 9.53 Å². The van der Waals surface area contributed by atoms with Gasteiger partial charge in [0, 0.05) is 16.5 Å². The minimum Gasteiger partial charge on any atom is -0.369 e. The monoisotopic (exact) mass is 419 g/mol. The summed E-state index contributed by atoms with van der Waals surface area (Å²) in [4.78, 5) is 19.0. The van der Waals surface area contributed by atoms with Crippen LogP contribution in [0.4, 0.5) is 0 Å². The highest BCUT2D eigenvalue weighted by Gasteiger charge is 2.41. The van der Waals surface area contributed by atoms with E-state index in [0.29, 0.717) is 12.2 Å². The number of piperidine rings is 1. The molecule has 0 radical (unpaired) electrons. The van der Waals surface area contributed by atoms with Gasteiger partial charge in [-0.3, -0.25) is 9.89 Å². The SMILES string of the molecule is Cl.O=C(NCc1[nH]nc2ncccc12)c1cc2c(s1)C1(CCNCC1)OCC2. The zero-order chi connectivity index (χ0) is 18.3. The highest BCUT2D eigenvalue weighted by molar-refractivity contribution is 7.14. The van der Waals surface area contributed by atoms with E-state index in [4.69, 9.17) is 4.74 Å². The molecule has 3 aromatic heterocycles. The summed E-state index contributed by atoms with van der Waals surface area (Å²) in [5, 5.41) is 14.5. The van der Waals surface area contributed by atoms with Crippen molar-refractivity contribution in [3.63, 3.8) is 0 Å². The number of ether oxygens (including phenoxy) is 1. The molecule has 5 rings (SSSR count). The molecule has 2 aliphatic rings. The molecule has 2 aliphatic heterocycles. The van der Waals surface area contributed by atoms with Gasteiger partial charge >= 0.3 is 0 Å². The van der Waals surface area contributed by atoms with Crippen molar-refractivity contribution in [2.24, 2.45) is 0 Å². The van der Waals surface area contributed by atoms with Crippen molar-refractivity contribution in [1.82, 2.24) is 25.8 Å². The second-order valence-corrected chi connectivity index (χ2v) is 8.12. The predicted molar refractivity (Wildman–Crippen MR) is 110 cm³/mol. The third-order valence-electron chi connectivity index (χ3n) is 5.44. The summed E-state index contributed by atoms with van der Waals surface area (Å²) in [7, 11) is 0. The summed E-state index contributed by atoms with van der Waals surface area (Å²) in [6, 6.07) is 5.87. The summed E-state index contributed by atoms with van der Waals surface area (Å²) < 4.78 is 6.21. The smallest absolute Gasteiger partial charge is 0.261 e. The second kappa shape index (κ2) is 7.79. The largest absolute Gasteiger partial charge is 0.369 e. The van der Waals surface area contributed by atoms with Gasteiger partial charge in [0.15, 0.2) is 5.65 Å². The van der Waals surface area contributed by atoms with E-state index in [9.17, 15) is 4.79 Å². The van der Waals surface area contributed by atoms with Crippen LogP contribution >= 0.6 is 23.7 Å². The molecule has 5 heterocycles. The Morgan fingerprint density at radius 3 is 3.07 bits per heavy atom. The van der Waals surface area contributed by atoms with Gasteiger partial charge in [0.2, 0.25) is 0 Å². The molecule has 3 N–H and O–H groups in total. The molecule has 3 aromatic rings. The van der Waals surface area contributed by atoms with Gasteiger partial charge in [-0.15, -0.1) is 23.7 Å². The first-order valence-corrected chi connectivity index (χ1v) is 10.1. The number of hydrogen-bond acceptors (Lipinski definition) is 6. The van der Waals surface area contributed by atoms with Crippen LogP contribution in [0.1, 0.15) is 38.6 Å². The number of pyridine rings is 1. The lowest BCUT2D eigenvalue weighted by Gasteiger charge is -2.40. The fourth-order valence-corrected chi connectivity index (χ4v) is 5.36. The minimum atomic E-state index is -0.201.